The number of aryl methyl sites for hydroxylation is 1. The maximum atomic E-state index is 3.30. The average Bonchev–Trinajstić information content (AvgIpc) is 2.71. The van der Waals surface area contributed by atoms with Gasteiger partial charge >= 0.3 is 0 Å². The Bertz CT molecular complexity index is 907. The van der Waals surface area contributed by atoms with E-state index in [1.807, 2.05) is 60.7 Å². The Kier molecular flexibility index (Phi) is 6.88. The number of benzene rings is 3. The summed E-state index contributed by atoms with van der Waals surface area (Å²) in [6.45, 7) is 4.37. The van der Waals surface area contributed by atoms with E-state index in [0.717, 1.165) is 17.7 Å². The molecule has 0 heterocycles. The first kappa shape index (κ1) is 18.5. The zero-order valence-corrected chi connectivity index (χ0v) is 15.7. The minimum absolute atomic E-state index is 0.687. The van der Waals surface area contributed by atoms with Gasteiger partial charge in [0.15, 0.2) is 0 Å². The molecule has 0 saturated heterocycles. The van der Waals surface area contributed by atoms with Crippen LogP contribution in [-0.4, -0.2) is 18.0 Å². The van der Waals surface area contributed by atoms with E-state index in [1.165, 1.54) is 11.1 Å². The van der Waals surface area contributed by atoms with Crippen molar-refractivity contribution in [3.63, 3.8) is 0 Å². The molecule has 0 atom stereocenters. The molecule has 3 aromatic rings. The van der Waals surface area contributed by atoms with Crippen molar-refractivity contribution in [2.75, 3.05) is 13.1 Å². The molecule has 1 nitrogen and oxygen atoms in total. The Hall–Kier alpha value is -3.26. The molecule has 3 aromatic carbocycles. The summed E-state index contributed by atoms with van der Waals surface area (Å²) in [6.07, 6.45) is 0. The molecule has 0 radical (unpaired) electrons. The smallest absolute Gasteiger partial charge is 0.0617 e. The summed E-state index contributed by atoms with van der Waals surface area (Å²) >= 11 is 0. The quantitative estimate of drug-likeness (QED) is 0.606. The summed E-state index contributed by atoms with van der Waals surface area (Å²) in [7, 11) is 0. The third-order valence-electron chi connectivity index (χ3n) is 4.27. The van der Waals surface area contributed by atoms with Gasteiger partial charge in [-0.2, -0.15) is 0 Å². The first-order chi connectivity index (χ1) is 13.3. The van der Waals surface area contributed by atoms with E-state index >= 15 is 0 Å². The molecule has 0 saturated carbocycles. The zero-order valence-electron chi connectivity index (χ0n) is 15.7. The molecule has 3 rings (SSSR count). The standard InChI is InChI=1S/C26H23N/c1-23-12-8-9-19-26(23)22-27(20-10-17-24-13-4-2-5-14-24)21-11-18-25-15-6-3-7-16-25/h2-9,12-16,19H,20-22H2,1H3. The third kappa shape index (κ3) is 6.19. The molecular formula is C26H23N. The van der Waals surface area contributed by atoms with Gasteiger partial charge in [-0.25, -0.2) is 0 Å². The van der Waals surface area contributed by atoms with Gasteiger partial charge in [0.1, 0.15) is 0 Å². The van der Waals surface area contributed by atoms with Gasteiger partial charge in [-0.15, -0.1) is 0 Å². The highest BCUT2D eigenvalue weighted by Gasteiger charge is 2.05. The Labute approximate surface area is 162 Å². The van der Waals surface area contributed by atoms with Crippen LogP contribution in [0.1, 0.15) is 22.3 Å². The van der Waals surface area contributed by atoms with Crippen LogP contribution in [0, 0.1) is 30.6 Å². The molecule has 0 N–H and O–H groups in total. The van der Waals surface area contributed by atoms with Crippen LogP contribution in [0.15, 0.2) is 84.9 Å². The van der Waals surface area contributed by atoms with Crippen molar-refractivity contribution in [3.8, 4) is 23.7 Å². The summed E-state index contributed by atoms with van der Waals surface area (Å²) < 4.78 is 0. The van der Waals surface area contributed by atoms with E-state index in [4.69, 9.17) is 0 Å². The third-order valence-corrected chi connectivity index (χ3v) is 4.27. The topological polar surface area (TPSA) is 3.24 Å². The van der Waals surface area contributed by atoms with Gasteiger partial charge in [-0.05, 0) is 42.3 Å². The second kappa shape index (κ2) is 10.0. The van der Waals surface area contributed by atoms with Gasteiger partial charge in [0.05, 0.1) is 13.1 Å². The van der Waals surface area contributed by atoms with Crippen molar-refractivity contribution in [1.29, 1.82) is 0 Å². The molecule has 0 aliphatic rings. The minimum Gasteiger partial charge on any atom is -0.277 e. The summed E-state index contributed by atoms with van der Waals surface area (Å²) in [5.74, 6) is 13.1. The molecule has 27 heavy (non-hydrogen) atoms. The van der Waals surface area contributed by atoms with Crippen molar-refractivity contribution < 1.29 is 0 Å². The zero-order chi connectivity index (χ0) is 18.7. The van der Waals surface area contributed by atoms with Crippen LogP contribution in [-0.2, 0) is 6.54 Å². The van der Waals surface area contributed by atoms with Crippen molar-refractivity contribution in [2.24, 2.45) is 0 Å². The summed E-state index contributed by atoms with van der Waals surface area (Å²) in [4.78, 5) is 2.29. The molecule has 0 fully saturated rings. The SMILES string of the molecule is Cc1ccccc1CN(CC#Cc1ccccc1)CC#Cc1ccccc1. The van der Waals surface area contributed by atoms with Crippen LogP contribution in [0.3, 0.4) is 0 Å². The Morgan fingerprint density at radius 3 is 1.63 bits per heavy atom. The Morgan fingerprint density at radius 2 is 1.11 bits per heavy atom. The predicted octanol–water partition coefficient (Wildman–Crippen LogP) is 4.90. The van der Waals surface area contributed by atoms with Gasteiger partial charge in [0.2, 0.25) is 0 Å². The first-order valence-corrected chi connectivity index (χ1v) is 9.16. The van der Waals surface area contributed by atoms with Crippen LogP contribution in [0.25, 0.3) is 0 Å². The van der Waals surface area contributed by atoms with Gasteiger partial charge in [-0.3, -0.25) is 4.90 Å². The van der Waals surface area contributed by atoms with Crippen LogP contribution in [0.2, 0.25) is 0 Å². The molecule has 0 amide bonds. The molecule has 0 aromatic heterocycles. The van der Waals surface area contributed by atoms with Crippen molar-refractivity contribution in [1.82, 2.24) is 4.90 Å². The fourth-order valence-corrected chi connectivity index (χ4v) is 2.75. The largest absolute Gasteiger partial charge is 0.277 e. The molecule has 0 aliphatic heterocycles. The molecule has 132 valence electrons. The van der Waals surface area contributed by atoms with E-state index in [2.05, 4.69) is 59.8 Å². The lowest BCUT2D eigenvalue weighted by molar-refractivity contribution is 0.337. The lowest BCUT2D eigenvalue weighted by Crippen LogP contribution is -2.24. The maximum Gasteiger partial charge on any atom is 0.0617 e. The van der Waals surface area contributed by atoms with Gasteiger partial charge in [0.25, 0.3) is 0 Å². The van der Waals surface area contributed by atoms with Crippen molar-refractivity contribution >= 4 is 0 Å². The molecular weight excluding hydrogens is 326 g/mol. The van der Waals surface area contributed by atoms with Crippen molar-refractivity contribution in [3.05, 3.63) is 107 Å². The predicted molar refractivity (Wildman–Crippen MR) is 113 cm³/mol. The van der Waals surface area contributed by atoms with Crippen LogP contribution in [0.4, 0.5) is 0 Å². The van der Waals surface area contributed by atoms with Crippen LogP contribution >= 0.6 is 0 Å². The van der Waals surface area contributed by atoms with E-state index in [1.54, 1.807) is 0 Å². The fourth-order valence-electron chi connectivity index (χ4n) is 2.75. The van der Waals surface area contributed by atoms with E-state index in [-0.39, 0.29) is 0 Å². The first-order valence-electron chi connectivity index (χ1n) is 9.16. The normalized spacial score (nSPS) is 9.85. The Balaban J connectivity index is 1.71. The summed E-state index contributed by atoms with van der Waals surface area (Å²) in [6, 6.07) is 28.7. The molecule has 1 heteroatoms. The van der Waals surface area contributed by atoms with Crippen molar-refractivity contribution in [2.45, 2.75) is 13.5 Å². The number of hydrogen-bond donors (Lipinski definition) is 0. The van der Waals surface area contributed by atoms with Gasteiger partial charge in [0, 0.05) is 17.7 Å². The molecule has 0 unspecified atom stereocenters. The maximum absolute atomic E-state index is 3.30. The van der Waals surface area contributed by atoms with E-state index in [9.17, 15) is 0 Å². The van der Waals surface area contributed by atoms with E-state index < -0.39 is 0 Å². The molecule has 0 spiro atoms. The van der Waals surface area contributed by atoms with Gasteiger partial charge in [-0.1, -0.05) is 84.3 Å². The number of hydrogen-bond acceptors (Lipinski definition) is 1. The summed E-state index contributed by atoms with van der Waals surface area (Å²) in [5, 5.41) is 0. The fraction of sp³-hybridized carbons (Fsp3) is 0.154. The molecule has 0 aliphatic carbocycles. The van der Waals surface area contributed by atoms with E-state index in [0.29, 0.717) is 13.1 Å². The Morgan fingerprint density at radius 1 is 0.630 bits per heavy atom. The highest BCUT2D eigenvalue weighted by molar-refractivity contribution is 5.35. The lowest BCUT2D eigenvalue weighted by Gasteiger charge is -2.18. The molecule has 0 bridgehead atoms. The average molecular weight is 349 g/mol. The second-order valence-corrected chi connectivity index (χ2v) is 6.41. The number of nitrogens with zero attached hydrogens (tertiary/aromatic N) is 1. The highest BCUT2D eigenvalue weighted by atomic mass is 15.1. The monoisotopic (exact) mass is 349 g/mol. The van der Waals surface area contributed by atoms with Crippen LogP contribution in [0.5, 0.6) is 0 Å². The summed E-state index contributed by atoms with van der Waals surface area (Å²) in [5.41, 5.74) is 4.71. The highest BCUT2D eigenvalue weighted by Crippen LogP contribution is 2.10. The second-order valence-electron chi connectivity index (χ2n) is 6.41. The van der Waals surface area contributed by atoms with Crippen LogP contribution < -0.4 is 0 Å². The minimum atomic E-state index is 0.687. The van der Waals surface area contributed by atoms with Gasteiger partial charge < -0.3 is 0 Å². The lowest BCUT2D eigenvalue weighted by atomic mass is 10.1. The number of rotatable bonds is 4.